The van der Waals surface area contributed by atoms with Gasteiger partial charge in [0.1, 0.15) is 12.7 Å². The molecule has 0 saturated heterocycles. The van der Waals surface area contributed by atoms with Gasteiger partial charge in [0.2, 0.25) is 5.95 Å². The number of nitrogens with zero attached hydrogens (tertiary/aromatic N) is 7. The summed E-state index contributed by atoms with van der Waals surface area (Å²) in [5.74, 6) is 1.36. The van der Waals surface area contributed by atoms with Crippen molar-refractivity contribution in [2.24, 2.45) is 0 Å². The number of benzene rings is 6. The van der Waals surface area contributed by atoms with Gasteiger partial charge >= 0.3 is 21.1 Å². The first-order chi connectivity index (χ1) is 26.5. The molecule has 0 spiro atoms. The minimum absolute atomic E-state index is 0. The molecular formula is C46H36BN7Pt. The Labute approximate surface area is 334 Å². The molecule has 268 valence electrons. The van der Waals surface area contributed by atoms with Gasteiger partial charge in [-0.05, 0) is 45.9 Å². The molecule has 0 radical (unpaired) electrons. The molecule has 0 bridgehead atoms. The molecule has 0 aliphatic heterocycles. The van der Waals surface area contributed by atoms with Crippen LogP contribution in [0.4, 0.5) is 0 Å². The van der Waals surface area contributed by atoms with E-state index in [1.165, 1.54) is 11.1 Å². The topological polar surface area (TPSA) is 65.8 Å². The van der Waals surface area contributed by atoms with Gasteiger partial charge in [0.25, 0.3) is 0 Å². The quantitative estimate of drug-likeness (QED) is 0.0924. The summed E-state index contributed by atoms with van der Waals surface area (Å²) >= 11 is 0. The SMILES string of the molecule is CC(C)c1cccc(C(C)C)c1-n1cnnc1-n1c2[c-]c(B(c3[c-]c4c(cc3)c3ccccc3n3cnnc43)c3ccccc3)ccc2c2ccccc21.[Pt+2]. The molecule has 0 saturated carbocycles. The molecule has 0 aliphatic rings. The van der Waals surface area contributed by atoms with Gasteiger partial charge in [-0.3, -0.25) is 4.57 Å². The number of hydrogen-bond donors (Lipinski definition) is 0. The third-order valence-corrected chi connectivity index (χ3v) is 10.9. The van der Waals surface area contributed by atoms with E-state index in [2.05, 4.69) is 190 Å². The van der Waals surface area contributed by atoms with Crippen LogP contribution in [0.2, 0.25) is 0 Å². The molecule has 4 aromatic heterocycles. The van der Waals surface area contributed by atoms with Crippen molar-refractivity contribution in [3.05, 3.63) is 157 Å². The second-order valence-electron chi connectivity index (χ2n) is 14.7. The molecule has 6 aromatic carbocycles. The molecule has 10 rings (SSSR count). The summed E-state index contributed by atoms with van der Waals surface area (Å²) in [7, 11) is 0. The van der Waals surface area contributed by atoms with Gasteiger partial charge in [-0.2, -0.15) is 34.2 Å². The van der Waals surface area contributed by atoms with Crippen LogP contribution in [-0.4, -0.2) is 40.6 Å². The first-order valence-corrected chi connectivity index (χ1v) is 18.6. The van der Waals surface area contributed by atoms with Crippen LogP contribution >= 0.6 is 0 Å². The minimum atomic E-state index is -0.159. The summed E-state index contributed by atoms with van der Waals surface area (Å²) in [5, 5.41) is 23.7. The summed E-state index contributed by atoms with van der Waals surface area (Å²) in [4.78, 5) is 0. The fourth-order valence-corrected chi connectivity index (χ4v) is 8.36. The Hall–Kier alpha value is -5.85. The van der Waals surface area contributed by atoms with E-state index in [-0.39, 0.29) is 27.8 Å². The zero-order valence-corrected chi connectivity index (χ0v) is 33.2. The van der Waals surface area contributed by atoms with Crippen molar-refractivity contribution >= 4 is 72.2 Å². The van der Waals surface area contributed by atoms with Crippen LogP contribution in [0.5, 0.6) is 0 Å². The zero-order valence-electron chi connectivity index (χ0n) is 30.9. The maximum atomic E-state index is 4.84. The molecule has 10 aromatic rings. The van der Waals surface area contributed by atoms with E-state index in [9.17, 15) is 0 Å². The largest absolute Gasteiger partial charge is 2.00 e. The first kappa shape index (κ1) is 34.9. The molecule has 0 aliphatic carbocycles. The van der Waals surface area contributed by atoms with Crippen LogP contribution in [0.15, 0.2) is 134 Å². The Morgan fingerprint density at radius 3 is 1.91 bits per heavy atom. The Kier molecular flexibility index (Phi) is 8.74. The van der Waals surface area contributed by atoms with E-state index in [0.717, 1.165) is 77.2 Å². The molecule has 4 heterocycles. The number of para-hydroxylation sites is 3. The van der Waals surface area contributed by atoms with Crippen LogP contribution in [-0.2, 0) is 21.1 Å². The Morgan fingerprint density at radius 2 is 1.18 bits per heavy atom. The second kappa shape index (κ2) is 13.8. The van der Waals surface area contributed by atoms with E-state index >= 15 is 0 Å². The van der Waals surface area contributed by atoms with Gasteiger partial charge in [0.15, 0.2) is 6.71 Å². The Morgan fingerprint density at radius 1 is 0.564 bits per heavy atom. The van der Waals surface area contributed by atoms with E-state index in [4.69, 9.17) is 5.10 Å². The van der Waals surface area contributed by atoms with Crippen LogP contribution in [0.1, 0.15) is 50.7 Å². The van der Waals surface area contributed by atoms with Crippen molar-refractivity contribution in [3.63, 3.8) is 0 Å². The van der Waals surface area contributed by atoms with Crippen molar-refractivity contribution in [2.45, 2.75) is 39.5 Å². The third kappa shape index (κ3) is 5.53. The Bertz CT molecular complexity index is 3010. The van der Waals surface area contributed by atoms with Crippen molar-refractivity contribution in [2.75, 3.05) is 0 Å². The summed E-state index contributed by atoms with van der Waals surface area (Å²) in [5.41, 5.74) is 10.7. The molecule has 55 heavy (non-hydrogen) atoms. The maximum absolute atomic E-state index is 4.84. The molecular weight excluding hydrogens is 856 g/mol. The van der Waals surface area contributed by atoms with E-state index in [1.807, 2.05) is 6.33 Å². The number of hydrogen-bond acceptors (Lipinski definition) is 4. The average Bonchev–Trinajstić information content (AvgIpc) is 3.96. The minimum Gasteiger partial charge on any atom is -0.323 e. The standard InChI is InChI=1S/C46H36BN7.Pt/c1-29(2)34-17-12-18-35(30(3)4)44(34)53-28-49-51-46(53)54-42-20-11-9-16-38(42)39-24-22-33(26-43(39)54)47(31-13-6-5-7-14-31)32-21-23-36-37-15-8-10-19-41(37)52-27-48-50-45(52)40(36)25-32;/h5-24,27-30H,1-4H3;/q-2;+2. The van der Waals surface area contributed by atoms with Crippen molar-refractivity contribution in [1.82, 2.24) is 33.9 Å². The molecule has 7 nitrogen and oxygen atoms in total. The van der Waals surface area contributed by atoms with Crippen LogP contribution in [0, 0.1) is 12.1 Å². The maximum Gasteiger partial charge on any atom is 2.00 e. The van der Waals surface area contributed by atoms with Crippen LogP contribution < -0.4 is 16.4 Å². The van der Waals surface area contributed by atoms with E-state index < -0.39 is 0 Å². The van der Waals surface area contributed by atoms with Crippen molar-refractivity contribution in [3.8, 4) is 11.6 Å². The smallest absolute Gasteiger partial charge is 0.323 e. The number of aromatic nitrogens is 7. The van der Waals surface area contributed by atoms with Gasteiger partial charge in [-0.15, -0.1) is 38.9 Å². The molecule has 0 fully saturated rings. The second-order valence-corrected chi connectivity index (χ2v) is 14.7. The number of rotatable bonds is 7. The molecule has 0 N–H and O–H groups in total. The van der Waals surface area contributed by atoms with Gasteiger partial charge in [0, 0.05) is 11.0 Å². The van der Waals surface area contributed by atoms with E-state index in [0.29, 0.717) is 11.8 Å². The fourth-order valence-electron chi connectivity index (χ4n) is 8.36. The first-order valence-electron chi connectivity index (χ1n) is 18.6. The molecule has 0 unspecified atom stereocenters. The van der Waals surface area contributed by atoms with Gasteiger partial charge in [-0.25, -0.2) is 0 Å². The fraction of sp³-hybridized carbons (Fsp3) is 0.130. The summed E-state index contributed by atoms with van der Waals surface area (Å²) in [6.45, 7) is 8.83. The average molecular weight is 893 g/mol. The summed E-state index contributed by atoms with van der Waals surface area (Å²) < 4.78 is 6.47. The number of pyridine rings is 1. The predicted molar refractivity (Wildman–Crippen MR) is 221 cm³/mol. The van der Waals surface area contributed by atoms with Crippen LogP contribution in [0.3, 0.4) is 0 Å². The van der Waals surface area contributed by atoms with Crippen molar-refractivity contribution in [1.29, 1.82) is 0 Å². The third-order valence-electron chi connectivity index (χ3n) is 10.9. The van der Waals surface area contributed by atoms with Gasteiger partial charge < -0.3 is 8.97 Å². The monoisotopic (exact) mass is 892 g/mol. The summed E-state index contributed by atoms with van der Waals surface area (Å²) in [6.07, 6.45) is 3.65. The van der Waals surface area contributed by atoms with Gasteiger partial charge in [-0.1, -0.05) is 134 Å². The van der Waals surface area contributed by atoms with Gasteiger partial charge in [0.05, 0.1) is 11.3 Å². The molecule has 9 heteroatoms. The number of fused-ring (bicyclic) bond motifs is 9. The Balaban J connectivity index is 0.00000397. The predicted octanol–water partition coefficient (Wildman–Crippen LogP) is 8.07. The molecule has 0 atom stereocenters. The van der Waals surface area contributed by atoms with Crippen molar-refractivity contribution < 1.29 is 21.1 Å². The molecule has 0 amide bonds. The summed E-state index contributed by atoms with van der Waals surface area (Å²) in [6, 6.07) is 50.9. The van der Waals surface area contributed by atoms with Crippen LogP contribution in [0.25, 0.3) is 60.8 Å². The zero-order chi connectivity index (χ0) is 36.5. The normalized spacial score (nSPS) is 11.8. The van der Waals surface area contributed by atoms with E-state index in [1.54, 1.807) is 6.33 Å².